The summed E-state index contributed by atoms with van der Waals surface area (Å²) in [5.41, 5.74) is -1.14. The van der Waals surface area contributed by atoms with Crippen LogP contribution in [0.3, 0.4) is 0 Å². The maximum Gasteiger partial charge on any atom is 0.342 e. The lowest BCUT2D eigenvalue weighted by Gasteiger charge is -2.05. The third kappa shape index (κ3) is 2.98. The first kappa shape index (κ1) is 13.7. The largest absolute Gasteiger partial charge is 0.477 e. The van der Waals surface area contributed by atoms with Gasteiger partial charge in [0.15, 0.2) is 0 Å². The molecule has 8 nitrogen and oxygen atoms in total. The van der Waals surface area contributed by atoms with Crippen molar-refractivity contribution in [2.24, 2.45) is 0 Å². The number of carbonyl (C=O) groups is 1. The number of aromatic nitrogens is 2. The lowest BCUT2D eigenvalue weighted by molar-refractivity contribution is -0.385. The van der Waals surface area contributed by atoms with Crippen molar-refractivity contribution in [3.05, 3.63) is 51.4 Å². The summed E-state index contributed by atoms with van der Waals surface area (Å²) >= 11 is 5.71. The molecule has 0 spiro atoms. The van der Waals surface area contributed by atoms with Crippen LogP contribution in [0.25, 0.3) is 0 Å². The standard InChI is InChI=1S/C11H6ClN3O5/c12-6-1-7(4-13-3-6)20-10-2-8(11(16)17)9(5-14-10)15(18)19/h1-5H,(H,16,17). The van der Waals surface area contributed by atoms with Gasteiger partial charge in [-0.1, -0.05) is 11.6 Å². The average Bonchev–Trinajstić information content (AvgIpc) is 2.38. The summed E-state index contributed by atoms with van der Waals surface area (Å²) in [5.74, 6) is -1.33. The monoisotopic (exact) mass is 295 g/mol. The van der Waals surface area contributed by atoms with E-state index in [-0.39, 0.29) is 11.6 Å². The number of nitro groups is 1. The van der Waals surface area contributed by atoms with E-state index in [1.807, 2.05) is 0 Å². The molecule has 0 aliphatic rings. The van der Waals surface area contributed by atoms with Gasteiger partial charge in [-0.3, -0.25) is 15.1 Å². The van der Waals surface area contributed by atoms with Crippen molar-refractivity contribution in [1.82, 2.24) is 9.97 Å². The summed E-state index contributed by atoms with van der Waals surface area (Å²) in [6.07, 6.45) is 3.55. The summed E-state index contributed by atoms with van der Waals surface area (Å²) in [7, 11) is 0. The third-order valence-electron chi connectivity index (χ3n) is 2.19. The number of pyridine rings is 2. The number of ether oxygens (including phenoxy) is 1. The van der Waals surface area contributed by atoms with Crippen molar-refractivity contribution < 1.29 is 19.6 Å². The predicted molar refractivity (Wildman–Crippen MR) is 67.2 cm³/mol. The lowest BCUT2D eigenvalue weighted by Crippen LogP contribution is -2.04. The van der Waals surface area contributed by atoms with Gasteiger partial charge in [-0.25, -0.2) is 9.78 Å². The minimum Gasteiger partial charge on any atom is -0.477 e. The zero-order valence-electron chi connectivity index (χ0n) is 9.69. The van der Waals surface area contributed by atoms with Crippen LogP contribution in [-0.4, -0.2) is 26.0 Å². The van der Waals surface area contributed by atoms with Gasteiger partial charge in [-0.2, -0.15) is 0 Å². The lowest BCUT2D eigenvalue weighted by atomic mass is 10.2. The Hall–Kier alpha value is -2.74. The number of halogens is 1. The highest BCUT2D eigenvalue weighted by Gasteiger charge is 2.21. The number of carboxylic acid groups (broad SMARTS) is 1. The first-order valence-electron chi connectivity index (χ1n) is 5.13. The van der Waals surface area contributed by atoms with Crippen LogP contribution in [0, 0.1) is 10.1 Å². The van der Waals surface area contributed by atoms with Gasteiger partial charge in [-0.15, -0.1) is 0 Å². The molecule has 0 saturated carbocycles. The van der Waals surface area contributed by atoms with Crippen molar-refractivity contribution in [3.63, 3.8) is 0 Å². The molecule has 1 N–H and O–H groups in total. The highest BCUT2D eigenvalue weighted by Crippen LogP contribution is 2.26. The Bertz CT molecular complexity index is 692. The molecule has 0 radical (unpaired) electrons. The van der Waals surface area contributed by atoms with Gasteiger partial charge in [0.2, 0.25) is 5.88 Å². The molecule has 0 atom stereocenters. The van der Waals surface area contributed by atoms with Gasteiger partial charge in [0.1, 0.15) is 17.5 Å². The minimum absolute atomic E-state index is 0.114. The SMILES string of the molecule is O=C(O)c1cc(Oc2cncc(Cl)c2)ncc1[N+](=O)[O-]. The van der Waals surface area contributed by atoms with Gasteiger partial charge in [0.05, 0.1) is 16.1 Å². The van der Waals surface area contributed by atoms with Crippen LogP contribution in [0.4, 0.5) is 5.69 Å². The van der Waals surface area contributed by atoms with Crippen LogP contribution in [0.2, 0.25) is 5.02 Å². The number of nitrogens with zero attached hydrogens (tertiary/aromatic N) is 3. The molecule has 20 heavy (non-hydrogen) atoms. The first-order chi connectivity index (χ1) is 9.47. The van der Waals surface area contributed by atoms with E-state index in [9.17, 15) is 14.9 Å². The molecule has 0 fully saturated rings. The fraction of sp³-hybridized carbons (Fsp3) is 0. The van der Waals surface area contributed by atoms with Crippen molar-refractivity contribution in [1.29, 1.82) is 0 Å². The number of rotatable bonds is 4. The molecule has 0 saturated heterocycles. The van der Waals surface area contributed by atoms with E-state index < -0.39 is 22.1 Å². The van der Waals surface area contributed by atoms with Gasteiger partial charge in [0.25, 0.3) is 0 Å². The maximum absolute atomic E-state index is 11.0. The zero-order chi connectivity index (χ0) is 14.7. The molecule has 0 aromatic carbocycles. The second kappa shape index (κ2) is 5.49. The Labute approximate surface area is 116 Å². The minimum atomic E-state index is -1.45. The molecule has 2 aromatic rings. The second-order valence-corrected chi connectivity index (χ2v) is 3.98. The number of aromatic carboxylic acids is 1. The van der Waals surface area contributed by atoms with Crippen molar-refractivity contribution in [2.75, 3.05) is 0 Å². The van der Waals surface area contributed by atoms with E-state index in [1.165, 1.54) is 18.5 Å². The molecule has 0 bridgehead atoms. The molecule has 9 heteroatoms. The van der Waals surface area contributed by atoms with E-state index in [0.29, 0.717) is 5.02 Å². The summed E-state index contributed by atoms with van der Waals surface area (Å²) in [6, 6.07) is 2.40. The number of carboxylic acids is 1. The quantitative estimate of drug-likeness (QED) is 0.680. The highest BCUT2D eigenvalue weighted by atomic mass is 35.5. The van der Waals surface area contributed by atoms with Crippen LogP contribution in [0.5, 0.6) is 11.6 Å². The Morgan fingerprint density at radius 1 is 1.35 bits per heavy atom. The van der Waals surface area contributed by atoms with Gasteiger partial charge >= 0.3 is 11.7 Å². The van der Waals surface area contributed by atoms with Gasteiger partial charge in [0, 0.05) is 18.3 Å². The van der Waals surface area contributed by atoms with Crippen LogP contribution in [-0.2, 0) is 0 Å². The molecule has 0 aliphatic carbocycles. The fourth-order valence-corrected chi connectivity index (χ4v) is 1.53. The molecule has 0 amide bonds. The summed E-state index contributed by atoms with van der Waals surface area (Å²) in [6.45, 7) is 0. The summed E-state index contributed by atoms with van der Waals surface area (Å²) in [4.78, 5) is 28.3. The summed E-state index contributed by atoms with van der Waals surface area (Å²) < 4.78 is 5.24. The normalized spacial score (nSPS) is 10.1. The molecule has 0 unspecified atom stereocenters. The van der Waals surface area contributed by atoms with E-state index >= 15 is 0 Å². The van der Waals surface area contributed by atoms with E-state index in [0.717, 1.165) is 12.3 Å². The van der Waals surface area contributed by atoms with Gasteiger partial charge < -0.3 is 9.84 Å². The molecule has 0 aliphatic heterocycles. The van der Waals surface area contributed by atoms with Crippen molar-refractivity contribution in [3.8, 4) is 11.6 Å². The predicted octanol–water partition coefficient (Wildman–Crippen LogP) is 2.53. The smallest absolute Gasteiger partial charge is 0.342 e. The van der Waals surface area contributed by atoms with Crippen LogP contribution < -0.4 is 4.74 Å². The highest BCUT2D eigenvalue weighted by molar-refractivity contribution is 6.30. The molecular weight excluding hydrogens is 290 g/mol. The van der Waals surface area contributed by atoms with Crippen LogP contribution in [0.1, 0.15) is 10.4 Å². The van der Waals surface area contributed by atoms with Crippen molar-refractivity contribution in [2.45, 2.75) is 0 Å². The Kier molecular flexibility index (Phi) is 3.76. The number of hydrogen-bond acceptors (Lipinski definition) is 6. The molecule has 2 rings (SSSR count). The van der Waals surface area contributed by atoms with E-state index in [2.05, 4.69) is 9.97 Å². The topological polar surface area (TPSA) is 115 Å². The average molecular weight is 296 g/mol. The Morgan fingerprint density at radius 2 is 2.10 bits per heavy atom. The van der Waals surface area contributed by atoms with E-state index in [1.54, 1.807) is 0 Å². The first-order valence-corrected chi connectivity index (χ1v) is 5.51. The zero-order valence-corrected chi connectivity index (χ0v) is 10.4. The molecule has 2 heterocycles. The van der Waals surface area contributed by atoms with Crippen LogP contribution in [0.15, 0.2) is 30.7 Å². The van der Waals surface area contributed by atoms with Crippen LogP contribution >= 0.6 is 11.6 Å². The maximum atomic E-state index is 11.0. The Morgan fingerprint density at radius 3 is 2.70 bits per heavy atom. The van der Waals surface area contributed by atoms with Gasteiger partial charge in [-0.05, 0) is 0 Å². The fourth-order valence-electron chi connectivity index (χ4n) is 1.37. The summed E-state index contributed by atoms with van der Waals surface area (Å²) in [5, 5.41) is 19.9. The molecule has 102 valence electrons. The number of hydrogen-bond donors (Lipinski definition) is 1. The molecule has 2 aromatic heterocycles. The second-order valence-electron chi connectivity index (χ2n) is 3.54. The third-order valence-corrected chi connectivity index (χ3v) is 2.39. The van der Waals surface area contributed by atoms with Crippen molar-refractivity contribution >= 4 is 23.3 Å². The Balaban J connectivity index is 2.36. The molecular formula is C11H6ClN3O5. The van der Waals surface area contributed by atoms with E-state index in [4.69, 9.17) is 21.4 Å².